The summed E-state index contributed by atoms with van der Waals surface area (Å²) in [4.78, 5) is 7.14. The zero-order valence-corrected chi connectivity index (χ0v) is 20.7. The van der Waals surface area contributed by atoms with Gasteiger partial charge in [-0.15, -0.1) is 6.58 Å². The SMILES string of the molecule is C=CC(Cc1cn(Cc2ccccc2)cn1)NC(=C)C1CCN(c2cccc(C(C)C)c2)CC1. The van der Waals surface area contributed by atoms with Crippen molar-refractivity contribution in [2.75, 3.05) is 18.0 Å². The average Bonchev–Trinajstić information content (AvgIpc) is 3.30. The Kier molecular flexibility index (Phi) is 7.89. The molecule has 4 nitrogen and oxygen atoms in total. The first-order chi connectivity index (χ1) is 16.5. The number of nitrogens with zero attached hydrogens (tertiary/aromatic N) is 3. The van der Waals surface area contributed by atoms with E-state index in [2.05, 4.69) is 102 Å². The normalized spacial score (nSPS) is 15.3. The smallest absolute Gasteiger partial charge is 0.0952 e. The second-order valence-electron chi connectivity index (χ2n) is 9.75. The maximum Gasteiger partial charge on any atom is 0.0952 e. The Balaban J connectivity index is 1.28. The molecule has 178 valence electrons. The number of nitrogens with one attached hydrogen (secondary N) is 1. The second-order valence-corrected chi connectivity index (χ2v) is 9.75. The Bertz CT molecular complexity index is 1070. The fraction of sp³-hybridized carbons (Fsp3) is 0.367. The van der Waals surface area contributed by atoms with E-state index in [-0.39, 0.29) is 6.04 Å². The molecule has 0 amide bonds. The molecule has 2 heterocycles. The van der Waals surface area contributed by atoms with Gasteiger partial charge in [0.2, 0.25) is 0 Å². The van der Waals surface area contributed by atoms with Crippen LogP contribution >= 0.6 is 0 Å². The lowest BCUT2D eigenvalue weighted by atomic mass is 9.92. The highest BCUT2D eigenvalue weighted by atomic mass is 15.1. The van der Waals surface area contributed by atoms with Crippen molar-refractivity contribution in [1.29, 1.82) is 0 Å². The number of allylic oxidation sites excluding steroid dienone is 1. The molecule has 1 fully saturated rings. The Labute approximate surface area is 205 Å². The first kappa shape index (κ1) is 23.9. The van der Waals surface area contributed by atoms with Crippen LogP contribution in [0.5, 0.6) is 0 Å². The van der Waals surface area contributed by atoms with Gasteiger partial charge in [0.1, 0.15) is 0 Å². The molecular weight excluding hydrogens is 416 g/mol. The lowest BCUT2D eigenvalue weighted by Gasteiger charge is -2.35. The number of rotatable bonds is 10. The maximum atomic E-state index is 4.62. The summed E-state index contributed by atoms with van der Waals surface area (Å²) in [6.07, 6.45) is 9.08. The summed E-state index contributed by atoms with van der Waals surface area (Å²) < 4.78 is 2.14. The van der Waals surface area contributed by atoms with Crippen LogP contribution in [-0.2, 0) is 13.0 Å². The van der Waals surface area contributed by atoms with Gasteiger partial charge in [-0.25, -0.2) is 4.98 Å². The van der Waals surface area contributed by atoms with Crippen LogP contribution in [0.2, 0.25) is 0 Å². The Hall–Kier alpha value is -3.27. The number of anilines is 1. The largest absolute Gasteiger partial charge is 0.382 e. The Morgan fingerprint density at radius 3 is 2.59 bits per heavy atom. The molecule has 0 aliphatic carbocycles. The van der Waals surface area contributed by atoms with Gasteiger partial charge >= 0.3 is 0 Å². The van der Waals surface area contributed by atoms with Crippen molar-refractivity contribution in [2.45, 2.75) is 51.6 Å². The summed E-state index contributed by atoms with van der Waals surface area (Å²) in [5.41, 5.74) is 6.23. The van der Waals surface area contributed by atoms with E-state index in [4.69, 9.17) is 0 Å². The number of hydrogen-bond donors (Lipinski definition) is 1. The summed E-state index contributed by atoms with van der Waals surface area (Å²) in [6, 6.07) is 19.6. The zero-order valence-electron chi connectivity index (χ0n) is 20.7. The van der Waals surface area contributed by atoms with E-state index in [1.165, 1.54) is 16.8 Å². The minimum absolute atomic E-state index is 0.133. The molecule has 0 spiro atoms. The molecule has 0 bridgehead atoms. The maximum absolute atomic E-state index is 4.62. The first-order valence-corrected chi connectivity index (χ1v) is 12.5. The molecule has 1 unspecified atom stereocenters. The highest BCUT2D eigenvalue weighted by Gasteiger charge is 2.23. The molecule has 3 aromatic rings. The predicted octanol–water partition coefficient (Wildman–Crippen LogP) is 6.17. The molecule has 1 atom stereocenters. The molecule has 1 aliphatic heterocycles. The van der Waals surface area contributed by atoms with Crippen molar-refractivity contribution in [3.63, 3.8) is 0 Å². The van der Waals surface area contributed by atoms with Crippen LogP contribution in [0.1, 0.15) is 49.4 Å². The minimum Gasteiger partial charge on any atom is -0.382 e. The van der Waals surface area contributed by atoms with Crippen molar-refractivity contribution in [1.82, 2.24) is 14.9 Å². The van der Waals surface area contributed by atoms with Crippen LogP contribution in [0, 0.1) is 5.92 Å². The molecule has 4 rings (SSSR count). The summed E-state index contributed by atoms with van der Waals surface area (Å²) in [5.74, 6) is 1.05. The Morgan fingerprint density at radius 2 is 1.88 bits per heavy atom. The van der Waals surface area contributed by atoms with E-state index in [0.717, 1.165) is 50.3 Å². The van der Waals surface area contributed by atoms with Crippen LogP contribution in [0.25, 0.3) is 0 Å². The molecule has 1 aromatic heterocycles. The molecule has 0 saturated carbocycles. The van der Waals surface area contributed by atoms with Gasteiger partial charge in [-0.1, -0.05) is 69.0 Å². The van der Waals surface area contributed by atoms with Crippen LogP contribution in [-0.4, -0.2) is 28.7 Å². The third kappa shape index (κ3) is 6.19. The van der Waals surface area contributed by atoms with Crippen LogP contribution in [0.15, 0.2) is 92.1 Å². The molecule has 0 radical (unpaired) electrons. The third-order valence-corrected chi connectivity index (χ3v) is 6.87. The van der Waals surface area contributed by atoms with Crippen molar-refractivity contribution in [3.8, 4) is 0 Å². The van der Waals surface area contributed by atoms with Gasteiger partial charge in [-0.05, 0) is 42.0 Å². The third-order valence-electron chi connectivity index (χ3n) is 6.87. The summed E-state index contributed by atoms with van der Waals surface area (Å²) in [6.45, 7) is 15.9. The molecular formula is C30H38N4. The number of imidazole rings is 1. The first-order valence-electron chi connectivity index (χ1n) is 12.5. The quantitative estimate of drug-likeness (QED) is 0.372. The van der Waals surface area contributed by atoms with Gasteiger partial charge in [0.25, 0.3) is 0 Å². The van der Waals surface area contributed by atoms with E-state index in [1.54, 1.807) is 0 Å². The van der Waals surface area contributed by atoms with E-state index in [9.17, 15) is 0 Å². The van der Waals surface area contributed by atoms with Crippen molar-refractivity contribution in [2.24, 2.45) is 5.92 Å². The lowest BCUT2D eigenvalue weighted by molar-refractivity contribution is 0.427. The molecule has 1 aliphatic rings. The highest BCUT2D eigenvalue weighted by molar-refractivity contribution is 5.49. The van der Waals surface area contributed by atoms with Gasteiger partial charge in [-0.2, -0.15) is 0 Å². The number of piperidine rings is 1. The van der Waals surface area contributed by atoms with Crippen molar-refractivity contribution >= 4 is 5.69 Å². The predicted molar refractivity (Wildman–Crippen MR) is 143 cm³/mol. The molecule has 2 aromatic carbocycles. The summed E-state index contributed by atoms with van der Waals surface area (Å²) in [7, 11) is 0. The van der Waals surface area contributed by atoms with E-state index in [1.807, 2.05) is 18.5 Å². The zero-order chi connectivity index (χ0) is 23.9. The summed E-state index contributed by atoms with van der Waals surface area (Å²) in [5, 5.41) is 3.64. The van der Waals surface area contributed by atoms with Gasteiger partial charge in [-0.3, -0.25) is 0 Å². The second kappa shape index (κ2) is 11.2. The number of hydrogen-bond acceptors (Lipinski definition) is 3. The van der Waals surface area contributed by atoms with Crippen molar-refractivity contribution in [3.05, 3.63) is 109 Å². The van der Waals surface area contributed by atoms with E-state index in [0.29, 0.717) is 11.8 Å². The summed E-state index contributed by atoms with van der Waals surface area (Å²) >= 11 is 0. The lowest BCUT2D eigenvalue weighted by Crippen LogP contribution is -2.38. The fourth-order valence-electron chi connectivity index (χ4n) is 4.73. The highest BCUT2D eigenvalue weighted by Crippen LogP contribution is 2.28. The number of aromatic nitrogens is 2. The molecule has 4 heteroatoms. The fourth-order valence-corrected chi connectivity index (χ4v) is 4.73. The topological polar surface area (TPSA) is 33.1 Å². The minimum atomic E-state index is 0.133. The van der Waals surface area contributed by atoms with Gasteiger partial charge in [0, 0.05) is 55.6 Å². The van der Waals surface area contributed by atoms with Gasteiger partial charge in [0.05, 0.1) is 12.0 Å². The van der Waals surface area contributed by atoms with Crippen LogP contribution < -0.4 is 10.2 Å². The van der Waals surface area contributed by atoms with Gasteiger partial charge in [0.15, 0.2) is 0 Å². The Morgan fingerprint density at radius 1 is 1.12 bits per heavy atom. The molecule has 1 N–H and O–H groups in total. The average molecular weight is 455 g/mol. The van der Waals surface area contributed by atoms with Crippen molar-refractivity contribution < 1.29 is 0 Å². The van der Waals surface area contributed by atoms with Crippen LogP contribution in [0.4, 0.5) is 5.69 Å². The number of benzene rings is 2. The monoisotopic (exact) mass is 454 g/mol. The van der Waals surface area contributed by atoms with E-state index >= 15 is 0 Å². The van der Waals surface area contributed by atoms with Gasteiger partial charge < -0.3 is 14.8 Å². The molecule has 1 saturated heterocycles. The van der Waals surface area contributed by atoms with Crippen LogP contribution in [0.3, 0.4) is 0 Å². The molecule has 34 heavy (non-hydrogen) atoms. The standard InChI is InChI=1S/C30H38N4/c1-5-28(19-29-21-33(22-31-29)20-25-10-7-6-8-11-25)32-24(4)26-14-16-34(17-15-26)30-13-9-12-27(18-30)23(2)3/h5-13,18,21-23,26,28,32H,1,4,14-17,19-20H2,2-3H3. The van der Waals surface area contributed by atoms with E-state index < -0.39 is 0 Å².